The summed E-state index contributed by atoms with van der Waals surface area (Å²) >= 11 is 18.1. The summed E-state index contributed by atoms with van der Waals surface area (Å²) in [4.78, 5) is 0. The maximum Gasteiger partial charge on any atom is 0.369 e. The summed E-state index contributed by atoms with van der Waals surface area (Å²) in [6.07, 6.45) is 2.18. The van der Waals surface area contributed by atoms with Crippen molar-refractivity contribution in [3.63, 3.8) is 0 Å². The van der Waals surface area contributed by atoms with E-state index in [1.54, 1.807) is 0 Å². The van der Waals surface area contributed by atoms with Crippen molar-refractivity contribution in [3.8, 4) is 0 Å². The summed E-state index contributed by atoms with van der Waals surface area (Å²) in [7, 11) is 0. The van der Waals surface area contributed by atoms with Crippen LogP contribution in [0.3, 0.4) is 0 Å². The van der Waals surface area contributed by atoms with Gasteiger partial charge in [-0.05, 0) is 19.3 Å². The van der Waals surface area contributed by atoms with E-state index in [0.29, 0.717) is 32.5 Å². The zero-order valence-electron chi connectivity index (χ0n) is 12.2. The third-order valence-electron chi connectivity index (χ3n) is 3.06. The van der Waals surface area contributed by atoms with E-state index in [4.69, 9.17) is 52.2 Å². The van der Waals surface area contributed by atoms with Crippen LogP contribution in [0, 0.1) is 0 Å². The third-order valence-corrected chi connectivity index (χ3v) is 6.53. The Morgan fingerprint density at radius 3 is 2.10 bits per heavy atom. The van der Waals surface area contributed by atoms with Gasteiger partial charge in [-0.3, -0.25) is 4.74 Å². The number of ether oxygens (including phenoxy) is 4. The van der Waals surface area contributed by atoms with E-state index in [0.717, 1.165) is 6.42 Å². The molecule has 0 aromatic heterocycles. The van der Waals surface area contributed by atoms with Gasteiger partial charge in [-0.15, -0.1) is 33.2 Å². The second-order valence-electron chi connectivity index (χ2n) is 4.62. The standard InChI is InChI=1S/C12H23Cl3O4Si/c1-4-10(18-11(5-2)20(13,14)15)19-12(6-3)16-8-7-9-17-12/h10-11H,4-9H2,1-3H3. The van der Waals surface area contributed by atoms with Gasteiger partial charge in [-0.2, -0.15) is 0 Å². The van der Waals surface area contributed by atoms with Crippen LogP contribution in [0.25, 0.3) is 0 Å². The van der Waals surface area contributed by atoms with Crippen LogP contribution in [0.4, 0.5) is 0 Å². The first kappa shape index (κ1) is 19.0. The molecule has 1 heterocycles. The van der Waals surface area contributed by atoms with Crippen molar-refractivity contribution in [2.24, 2.45) is 0 Å². The summed E-state index contributed by atoms with van der Waals surface area (Å²) in [5.41, 5.74) is -0.407. The molecule has 2 unspecified atom stereocenters. The molecule has 0 radical (unpaired) electrons. The summed E-state index contributed by atoms with van der Waals surface area (Å²) in [6, 6.07) is -2.93. The van der Waals surface area contributed by atoms with Crippen molar-refractivity contribution in [2.45, 2.75) is 64.4 Å². The number of hydrogen-bond acceptors (Lipinski definition) is 4. The van der Waals surface area contributed by atoms with Crippen molar-refractivity contribution in [2.75, 3.05) is 13.2 Å². The highest BCUT2D eigenvalue weighted by Gasteiger charge is 2.41. The molecule has 0 spiro atoms. The number of halogens is 3. The Bertz CT molecular complexity index is 282. The van der Waals surface area contributed by atoms with Gasteiger partial charge in [0, 0.05) is 6.42 Å². The summed E-state index contributed by atoms with van der Waals surface area (Å²) in [5.74, 6) is -1.04. The second-order valence-corrected chi connectivity index (χ2v) is 13.5. The molecular formula is C12H23Cl3O4Si. The van der Waals surface area contributed by atoms with Crippen molar-refractivity contribution >= 4 is 39.2 Å². The molecule has 1 saturated heterocycles. The van der Waals surface area contributed by atoms with Gasteiger partial charge in [-0.25, -0.2) is 0 Å². The van der Waals surface area contributed by atoms with Gasteiger partial charge < -0.3 is 14.2 Å². The molecular weight excluding hydrogens is 343 g/mol. The van der Waals surface area contributed by atoms with Crippen LogP contribution in [-0.2, 0) is 18.9 Å². The molecule has 1 aliphatic heterocycles. The van der Waals surface area contributed by atoms with Gasteiger partial charge in [0.25, 0.3) is 5.97 Å². The van der Waals surface area contributed by atoms with Gasteiger partial charge in [0.15, 0.2) is 6.29 Å². The van der Waals surface area contributed by atoms with E-state index in [2.05, 4.69) is 0 Å². The van der Waals surface area contributed by atoms with Gasteiger partial charge in [0.2, 0.25) is 0 Å². The zero-order chi connectivity index (χ0) is 15.2. The number of rotatable bonds is 8. The Balaban J connectivity index is 2.65. The molecule has 0 aliphatic carbocycles. The van der Waals surface area contributed by atoms with Crippen LogP contribution in [0.1, 0.15) is 46.5 Å². The molecule has 1 fully saturated rings. The molecule has 8 heteroatoms. The highest BCUT2D eigenvalue weighted by molar-refractivity contribution is 7.65. The van der Waals surface area contributed by atoms with E-state index in [1.807, 2.05) is 20.8 Å². The quantitative estimate of drug-likeness (QED) is 0.366. The molecule has 0 amide bonds. The van der Waals surface area contributed by atoms with Crippen molar-refractivity contribution in [1.82, 2.24) is 0 Å². The maximum absolute atomic E-state index is 6.04. The predicted molar refractivity (Wildman–Crippen MR) is 83.2 cm³/mol. The van der Waals surface area contributed by atoms with Crippen LogP contribution in [0.15, 0.2) is 0 Å². The normalized spacial score (nSPS) is 22.5. The lowest BCUT2D eigenvalue weighted by Crippen LogP contribution is -2.47. The van der Waals surface area contributed by atoms with Crippen molar-refractivity contribution in [3.05, 3.63) is 0 Å². The van der Waals surface area contributed by atoms with Crippen molar-refractivity contribution < 1.29 is 18.9 Å². The molecule has 0 N–H and O–H groups in total. The van der Waals surface area contributed by atoms with Gasteiger partial charge in [0.1, 0.15) is 0 Å². The average molecular weight is 366 g/mol. The summed E-state index contributed by atoms with van der Waals surface area (Å²) in [5, 5.41) is 0. The highest BCUT2D eigenvalue weighted by atomic mass is 35.8. The smallest absolute Gasteiger partial charge is 0.348 e. The Kier molecular flexibility index (Phi) is 8.09. The Morgan fingerprint density at radius 2 is 1.70 bits per heavy atom. The molecule has 20 heavy (non-hydrogen) atoms. The molecule has 120 valence electrons. The molecule has 2 atom stereocenters. The lowest BCUT2D eigenvalue weighted by atomic mass is 10.3. The topological polar surface area (TPSA) is 36.9 Å². The minimum absolute atomic E-state index is 0.407. The predicted octanol–water partition coefficient (Wildman–Crippen LogP) is 4.23. The fourth-order valence-corrected chi connectivity index (χ4v) is 4.53. The highest BCUT2D eigenvalue weighted by Crippen LogP contribution is 2.32. The van der Waals surface area contributed by atoms with E-state index in [-0.39, 0.29) is 0 Å². The minimum Gasteiger partial charge on any atom is -0.348 e. The van der Waals surface area contributed by atoms with Crippen LogP contribution in [0.5, 0.6) is 0 Å². The largest absolute Gasteiger partial charge is 0.369 e. The summed E-state index contributed by atoms with van der Waals surface area (Å²) < 4.78 is 23.0. The molecule has 1 rings (SSSR count). The Labute approximate surface area is 136 Å². The summed E-state index contributed by atoms with van der Waals surface area (Å²) in [6.45, 7) is 7.04. The lowest BCUT2D eigenvalue weighted by molar-refractivity contribution is -0.435. The van der Waals surface area contributed by atoms with E-state index in [1.165, 1.54) is 0 Å². The van der Waals surface area contributed by atoms with E-state index < -0.39 is 24.0 Å². The first-order valence-corrected chi connectivity index (χ1v) is 12.2. The first-order chi connectivity index (χ1) is 9.37. The second kappa shape index (κ2) is 8.53. The fourth-order valence-electron chi connectivity index (χ4n) is 1.91. The monoisotopic (exact) mass is 364 g/mol. The molecule has 0 aromatic rings. The van der Waals surface area contributed by atoms with E-state index >= 15 is 0 Å². The lowest BCUT2D eigenvalue weighted by Gasteiger charge is -2.39. The SMILES string of the molecule is CCC(OC(CC)[Si](Cl)(Cl)Cl)OC1(CC)OCCCO1. The zero-order valence-corrected chi connectivity index (χ0v) is 15.4. The molecule has 1 aliphatic rings. The van der Waals surface area contributed by atoms with E-state index in [9.17, 15) is 0 Å². The van der Waals surface area contributed by atoms with Crippen LogP contribution >= 0.6 is 33.2 Å². The minimum atomic E-state index is -2.93. The van der Waals surface area contributed by atoms with Gasteiger partial charge in [-0.1, -0.05) is 20.8 Å². The first-order valence-electron chi connectivity index (χ1n) is 7.04. The third kappa shape index (κ3) is 5.61. The fraction of sp³-hybridized carbons (Fsp3) is 1.00. The van der Waals surface area contributed by atoms with Gasteiger partial charge in [0.05, 0.1) is 18.9 Å². The average Bonchev–Trinajstić information content (AvgIpc) is 2.43. The molecule has 0 saturated carbocycles. The van der Waals surface area contributed by atoms with Gasteiger partial charge >= 0.3 is 6.00 Å². The van der Waals surface area contributed by atoms with Crippen molar-refractivity contribution in [1.29, 1.82) is 0 Å². The molecule has 0 aromatic carbocycles. The number of hydrogen-bond donors (Lipinski definition) is 0. The van der Waals surface area contributed by atoms with Crippen LogP contribution in [-0.4, -0.2) is 37.2 Å². The maximum atomic E-state index is 6.04. The Hall–Kier alpha value is 0.927. The molecule has 0 bridgehead atoms. The van der Waals surface area contributed by atoms with Crippen LogP contribution < -0.4 is 0 Å². The Morgan fingerprint density at radius 1 is 1.10 bits per heavy atom. The van der Waals surface area contributed by atoms with Crippen LogP contribution in [0.2, 0.25) is 0 Å². The molecule has 4 nitrogen and oxygen atoms in total.